The maximum absolute atomic E-state index is 9.96. The van der Waals surface area contributed by atoms with E-state index >= 15 is 0 Å². The molecule has 0 aliphatic rings. The van der Waals surface area contributed by atoms with Crippen LogP contribution < -0.4 is 0 Å². The zero-order chi connectivity index (χ0) is 12.4. The first-order valence-corrected chi connectivity index (χ1v) is 6.22. The fourth-order valence-corrected chi connectivity index (χ4v) is 2.10. The van der Waals surface area contributed by atoms with Crippen molar-refractivity contribution < 1.29 is 10.2 Å². The van der Waals surface area contributed by atoms with Gasteiger partial charge in [-0.25, -0.2) is 0 Å². The van der Waals surface area contributed by atoms with E-state index in [1.807, 2.05) is 0 Å². The Morgan fingerprint density at radius 3 is 2.82 bits per heavy atom. The quantitative estimate of drug-likeness (QED) is 0.756. The van der Waals surface area contributed by atoms with Crippen LogP contribution in [-0.4, -0.2) is 26.6 Å². The minimum absolute atomic E-state index is 0.290. The number of rotatable bonds is 3. The monoisotopic (exact) mass is 294 g/mol. The minimum Gasteiger partial charge on any atom is -0.389 e. The van der Waals surface area contributed by atoms with Gasteiger partial charge in [0.1, 0.15) is 6.10 Å². The molecule has 17 heavy (non-hydrogen) atoms. The van der Waals surface area contributed by atoms with Crippen LogP contribution in [0.1, 0.15) is 17.2 Å². The predicted octanol–water partition coefficient (Wildman–Crippen LogP) is 1.83. The summed E-state index contributed by atoms with van der Waals surface area (Å²) in [5.41, 5.74) is 1.96. The van der Waals surface area contributed by atoms with Gasteiger partial charge in [0.25, 0.3) is 0 Å². The van der Waals surface area contributed by atoms with E-state index in [0.717, 1.165) is 10.9 Å². The van der Waals surface area contributed by atoms with Crippen LogP contribution in [0.2, 0.25) is 0 Å². The molecule has 5 heteroatoms. The number of nitrogens with zero attached hydrogens (tertiary/aromatic N) is 1. The van der Waals surface area contributed by atoms with Crippen LogP contribution in [0.15, 0.2) is 24.4 Å². The third-order valence-electron chi connectivity index (χ3n) is 2.68. The van der Waals surface area contributed by atoms with Gasteiger partial charge >= 0.3 is 0 Å². The van der Waals surface area contributed by atoms with Crippen LogP contribution >= 0.6 is 15.9 Å². The maximum atomic E-state index is 9.96. The van der Waals surface area contributed by atoms with Gasteiger partial charge in [0, 0.05) is 28.0 Å². The standard InChI is InChI=1S/C12H11BrN2O2/c13-4-11(16)12(17)9-6-15-10-2-1-7(5-14)3-8(9)10/h1-3,6,11-12,15-17H,4H2. The summed E-state index contributed by atoms with van der Waals surface area (Å²) >= 11 is 3.12. The highest BCUT2D eigenvalue weighted by Crippen LogP contribution is 2.27. The first-order valence-electron chi connectivity index (χ1n) is 5.10. The van der Waals surface area contributed by atoms with Crippen LogP contribution in [0.3, 0.4) is 0 Å². The lowest BCUT2D eigenvalue weighted by atomic mass is 10.0. The summed E-state index contributed by atoms with van der Waals surface area (Å²) in [6.45, 7) is 0. The summed E-state index contributed by atoms with van der Waals surface area (Å²) < 4.78 is 0. The summed E-state index contributed by atoms with van der Waals surface area (Å²) in [6, 6.07) is 7.24. The number of hydrogen-bond acceptors (Lipinski definition) is 3. The third kappa shape index (κ3) is 2.20. The Hall–Kier alpha value is -1.35. The largest absolute Gasteiger partial charge is 0.389 e. The molecule has 1 heterocycles. The molecule has 2 rings (SSSR count). The molecule has 0 amide bonds. The molecule has 0 bridgehead atoms. The first-order chi connectivity index (χ1) is 8.17. The van der Waals surface area contributed by atoms with E-state index in [1.54, 1.807) is 24.4 Å². The number of alkyl halides is 1. The second-order valence-electron chi connectivity index (χ2n) is 3.78. The van der Waals surface area contributed by atoms with Crippen molar-refractivity contribution in [2.24, 2.45) is 0 Å². The van der Waals surface area contributed by atoms with Crippen molar-refractivity contribution >= 4 is 26.8 Å². The SMILES string of the molecule is N#Cc1ccc2[nH]cc(C(O)C(O)CBr)c2c1. The van der Waals surface area contributed by atoms with E-state index in [1.165, 1.54) is 0 Å². The number of nitrogens with one attached hydrogen (secondary N) is 1. The van der Waals surface area contributed by atoms with Crippen LogP contribution in [-0.2, 0) is 0 Å². The number of aliphatic hydroxyl groups is 2. The summed E-state index contributed by atoms with van der Waals surface area (Å²) in [7, 11) is 0. The molecule has 2 aromatic rings. The summed E-state index contributed by atoms with van der Waals surface area (Å²) in [4.78, 5) is 3.00. The number of fused-ring (bicyclic) bond motifs is 1. The van der Waals surface area contributed by atoms with E-state index in [9.17, 15) is 10.2 Å². The van der Waals surface area contributed by atoms with Gasteiger partial charge in [-0.3, -0.25) is 0 Å². The second-order valence-corrected chi connectivity index (χ2v) is 4.43. The van der Waals surface area contributed by atoms with E-state index in [-0.39, 0.29) is 0 Å². The molecule has 3 N–H and O–H groups in total. The van der Waals surface area contributed by atoms with Crippen molar-refractivity contribution in [3.8, 4) is 6.07 Å². The topological polar surface area (TPSA) is 80.0 Å². The molecule has 0 aliphatic carbocycles. The zero-order valence-corrected chi connectivity index (χ0v) is 10.5. The number of aliphatic hydroxyl groups excluding tert-OH is 2. The second kappa shape index (κ2) is 4.88. The molecule has 0 aliphatic heterocycles. The first kappa shape index (κ1) is 12.1. The van der Waals surface area contributed by atoms with Crippen LogP contribution in [0.4, 0.5) is 0 Å². The van der Waals surface area contributed by atoms with Gasteiger partial charge < -0.3 is 15.2 Å². The highest BCUT2D eigenvalue weighted by molar-refractivity contribution is 9.09. The number of halogens is 1. The highest BCUT2D eigenvalue weighted by atomic mass is 79.9. The average molecular weight is 295 g/mol. The van der Waals surface area contributed by atoms with Crippen molar-refractivity contribution in [3.05, 3.63) is 35.5 Å². The highest BCUT2D eigenvalue weighted by Gasteiger charge is 2.20. The molecule has 4 nitrogen and oxygen atoms in total. The summed E-state index contributed by atoms with van der Waals surface area (Å²) in [5.74, 6) is 0. The normalized spacial score (nSPS) is 14.5. The molecule has 1 aromatic carbocycles. The van der Waals surface area contributed by atoms with Crippen molar-refractivity contribution in [2.45, 2.75) is 12.2 Å². The molecular weight excluding hydrogens is 284 g/mol. The molecule has 0 saturated heterocycles. The van der Waals surface area contributed by atoms with Gasteiger partial charge in [-0.05, 0) is 18.2 Å². The molecule has 88 valence electrons. The van der Waals surface area contributed by atoms with Gasteiger partial charge in [-0.1, -0.05) is 15.9 Å². The Morgan fingerprint density at radius 2 is 2.18 bits per heavy atom. The lowest BCUT2D eigenvalue weighted by Crippen LogP contribution is -2.19. The molecule has 2 atom stereocenters. The van der Waals surface area contributed by atoms with Crippen LogP contribution in [0.5, 0.6) is 0 Å². The van der Waals surface area contributed by atoms with Gasteiger partial charge in [0.05, 0.1) is 17.7 Å². The molecule has 1 aromatic heterocycles. The molecule has 0 spiro atoms. The fourth-order valence-electron chi connectivity index (χ4n) is 1.75. The van der Waals surface area contributed by atoms with E-state index < -0.39 is 12.2 Å². The van der Waals surface area contributed by atoms with E-state index in [2.05, 4.69) is 27.0 Å². The van der Waals surface area contributed by atoms with Crippen LogP contribution in [0, 0.1) is 11.3 Å². The number of aromatic nitrogens is 1. The van der Waals surface area contributed by atoms with Crippen LogP contribution in [0.25, 0.3) is 10.9 Å². The fraction of sp³-hybridized carbons (Fsp3) is 0.250. The predicted molar refractivity (Wildman–Crippen MR) is 67.8 cm³/mol. The van der Waals surface area contributed by atoms with Crippen molar-refractivity contribution in [3.63, 3.8) is 0 Å². The molecule has 0 saturated carbocycles. The minimum atomic E-state index is -0.975. The van der Waals surface area contributed by atoms with E-state index in [4.69, 9.17) is 5.26 Å². The Balaban J connectivity index is 2.51. The lowest BCUT2D eigenvalue weighted by Gasteiger charge is -2.14. The smallest absolute Gasteiger partial charge is 0.108 e. The van der Waals surface area contributed by atoms with Gasteiger partial charge in [-0.15, -0.1) is 0 Å². The Morgan fingerprint density at radius 1 is 1.41 bits per heavy atom. The number of nitriles is 1. The van der Waals surface area contributed by atoms with Gasteiger partial charge in [0.15, 0.2) is 0 Å². The summed E-state index contributed by atoms with van der Waals surface area (Å²) in [6.07, 6.45) is -0.195. The van der Waals surface area contributed by atoms with Gasteiger partial charge in [0.2, 0.25) is 0 Å². The summed E-state index contributed by atoms with van der Waals surface area (Å²) in [5, 5.41) is 29.5. The van der Waals surface area contributed by atoms with Crippen molar-refractivity contribution in [1.29, 1.82) is 5.26 Å². The number of hydrogen-bond donors (Lipinski definition) is 3. The van der Waals surface area contributed by atoms with E-state index in [0.29, 0.717) is 16.5 Å². The molecule has 0 radical (unpaired) electrons. The molecule has 0 fully saturated rings. The van der Waals surface area contributed by atoms with Gasteiger partial charge in [-0.2, -0.15) is 5.26 Å². The molecular formula is C12H11BrN2O2. The number of benzene rings is 1. The zero-order valence-electron chi connectivity index (χ0n) is 8.89. The Bertz CT molecular complexity index is 573. The number of H-pyrrole nitrogens is 1. The third-order valence-corrected chi connectivity index (χ3v) is 3.35. The molecule has 2 unspecified atom stereocenters. The Labute approximate surface area is 107 Å². The van der Waals surface area contributed by atoms with Crippen molar-refractivity contribution in [2.75, 3.05) is 5.33 Å². The van der Waals surface area contributed by atoms with Crippen molar-refractivity contribution in [1.82, 2.24) is 4.98 Å². The number of aromatic amines is 1. The Kier molecular flexibility index (Phi) is 3.48. The lowest BCUT2D eigenvalue weighted by molar-refractivity contribution is 0.0352. The average Bonchev–Trinajstić information content (AvgIpc) is 2.79. The maximum Gasteiger partial charge on any atom is 0.108 e.